The summed E-state index contributed by atoms with van der Waals surface area (Å²) in [5.41, 5.74) is -0.324. The van der Waals surface area contributed by atoms with Crippen LogP contribution in [0.15, 0.2) is 41.1 Å². The Morgan fingerprint density at radius 2 is 2.11 bits per heavy atom. The molecule has 0 spiro atoms. The van der Waals surface area contributed by atoms with Crippen molar-refractivity contribution >= 4 is 5.71 Å². The second-order valence-electron chi connectivity index (χ2n) is 4.00. The number of hydrogen-bond donors (Lipinski definition) is 1. The van der Waals surface area contributed by atoms with Crippen molar-refractivity contribution in [3.05, 3.63) is 36.1 Å². The number of aliphatic hydroxyl groups is 1. The standard InChI is InChI=1S/C12H12F3NO2/c13-12(14,15)8-18-11-5-2-1-3-10(11)16-7-9(11)4-6-17/h1-3,5,7,17H,4,6,8H2. The van der Waals surface area contributed by atoms with E-state index in [0.717, 1.165) is 0 Å². The molecular formula is C12H12F3NO2. The van der Waals surface area contributed by atoms with Gasteiger partial charge in [0.25, 0.3) is 0 Å². The van der Waals surface area contributed by atoms with Crippen molar-refractivity contribution in [2.75, 3.05) is 13.2 Å². The van der Waals surface area contributed by atoms with E-state index in [1.54, 1.807) is 18.2 Å². The molecule has 1 unspecified atom stereocenters. The molecule has 1 atom stereocenters. The maximum absolute atomic E-state index is 12.3. The van der Waals surface area contributed by atoms with Crippen molar-refractivity contribution in [2.45, 2.75) is 18.2 Å². The lowest BCUT2D eigenvalue weighted by Gasteiger charge is -2.31. The maximum atomic E-state index is 12.3. The second kappa shape index (κ2) is 4.70. The number of alkyl halides is 3. The number of ether oxygens (including phenoxy) is 1. The Balaban J connectivity index is 2.23. The van der Waals surface area contributed by atoms with Crippen LogP contribution >= 0.6 is 0 Å². The summed E-state index contributed by atoms with van der Waals surface area (Å²) in [7, 11) is 0. The van der Waals surface area contributed by atoms with Gasteiger partial charge in [0, 0.05) is 12.8 Å². The van der Waals surface area contributed by atoms with Gasteiger partial charge in [-0.2, -0.15) is 13.2 Å². The average Bonchev–Trinajstić information content (AvgIpc) is 2.66. The molecule has 1 heterocycles. The highest BCUT2D eigenvalue weighted by Gasteiger charge is 2.44. The highest BCUT2D eigenvalue weighted by molar-refractivity contribution is 6.09. The van der Waals surface area contributed by atoms with E-state index in [-0.39, 0.29) is 13.0 Å². The van der Waals surface area contributed by atoms with Gasteiger partial charge < -0.3 is 9.84 Å². The Labute approximate surface area is 102 Å². The van der Waals surface area contributed by atoms with Crippen LogP contribution < -0.4 is 0 Å². The molecule has 18 heavy (non-hydrogen) atoms. The molecule has 1 aliphatic heterocycles. The molecule has 0 radical (unpaired) electrons. The first-order valence-corrected chi connectivity index (χ1v) is 5.43. The summed E-state index contributed by atoms with van der Waals surface area (Å²) in [6, 6.07) is 0. The number of hydrogen-bond acceptors (Lipinski definition) is 3. The predicted molar refractivity (Wildman–Crippen MR) is 60.2 cm³/mol. The first-order valence-electron chi connectivity index (χ1n) is 5.43. The largest absolute Gasteiger partial charge is 0.411 e. The molecule has 3 nitrogen and oxygen atoms in total. The number of allylic oxidation sites excluding steroid dienone is 2. The van der Waals surface area contributed by atoms with E-state index in [4.69, 9.17) is 9.84 Å². The van der Waals surface area contributed by atoms with Gasteiger partial charge in [-0.15, -0.1) is 0 Å². The zero-order valence-corrected chi connectivity index (χ0v) is 9.44. The lowest BCUT2D eigenvalue weighted by molar-refractivity contribution is -0.183. The molecular weight excluding hydrogens is 247 g/mol. The SMILES string of the molecule is OCCC1=CN=C2C=CC=CC12OCC(F)(F)F. The van der Waals surface area contributed by atoms with Crippen LogP contribution in [0, 0.1) is 0 Å². The van der Waals surface area contributed by atoms with Gasteiger partial charge in [0.1, 0.15) is 6.61 Å². The minimum Gasteiger partial charge on any atom is -0.396 e. The van der Waals surface area contributed by atoms with Crippen LogP contribution in [0.2, 0.25) is 0 Å². The molecule has 2 rings (SSSR count). The fourth-order valence-corrected chi connectivity index (χ4v) is 1.98. The number of halogens is 3. The summed E-state index contributed by atoms with van der Waals surface area (Å²) in [5.74, 6) is 0. The summed E-state index contributed by atoms with van der Waals surface area (Å²) in [4.78, 5) is 4.04. The summed E-state index contributed by atoms with van der Waals surface area (Å²) in [5, 5.41) is 8.95. The van der Waals surface area contributed by atoms with E-state index in [9.17, 15) is 13.2 Å². The average molecular weight is 259 g/mol. The fraction of sp³-hybridized carbons (Fsp3) is 0.417. The number of rotatable bonds is 4. The highest BCUT2D eigenvalue weighted by atomic mass is 19.4. The molecule has 0 amide bonds. The van der Waals surface area contributed by atoms with Gasteiger partial charge in [-0.25, -0.2) is 0 Å². The molecule has 0 bridgehead atoms. The zero-order chi connectivity index (χ0) is 13.2. The first kappa shape index (κ1) is 13.0. The highest BCUT2D eigenvalue weighted by Crippen LogP contribution is 2.36. The van der Waals surface area contributed by atoms with Crippen molar-refractivity contribution < 1.29 is 23.0 Å². The minimum atomic E-state index is -4.40. The van der Waals surface area contributed by atoms with Gasteiger partial charge in [0.2, 0.25) is 0 Å². The van der Waals surface area contributed by atoms with Crippen LogP contribution in [0.25, 0.3) is 0 Å². The van der Waals surface area contributed by atoms with Crippen molar-refractivity contribution in [3.63, 3.8) is 0 Å². The summed E-state index contributed by atoms with van der Waals surface area (Å²) >= 11 is 0. The van der Waals surface area contributed by atoms with E-state index >= 15 is 0 Å². The first-order chi connectivity index (χ1) is 8.48. The normalized spacial score (nSPS) is 26.0. The van der Waals surface area contributed by atoms with Crippen LogP contribution in [0.5, 0.6) is 0 Å². The van der Waals surface area contributed by atoms with Gasteiger partial charge in [0.05, 0.1) is 5.71 Å². The Kier molecular flexibility index (Phi) is 3.41. The molecule has 6 heteroatoms. The maximum Gasteiger partial charge on any atom is 0.411 e. The second-order valence-corrected chi connectivity index (χ2v) is 4.00. The van der Waals surface area contributed by atoms with Gasteiger partial charge in [-0.05, 0) is 24.1 Å². The van der Waals surface area contributed by atoms with Crippen molar-refractivity contribution in [1.29, 1.82) is 0 Å². The lowest BCUT2D eigenvalue weighted by Crippen LogP contribution is -2.42. The molecule has 0 aromatic rings. The van der Waals surface area contributed by atoms with E-state index in [1.807, 2.05) is 0 Å². The molecule has 0 aromatic heterocycles. The fourth-order valence-electron chi connectivity index (χ4n) is 1.98. The lowest BCUT2D eigenvalue weighted by atomic mass is 9.85. The molecule has 1 N–H and O–H groups in total. The Morgan fingerprint density at radius 1 is 1.33 bits per heavy atom. The van der Waals surface area contributed by atoms with Crippen LogP contribution in [0.3, 0.4) is 0 Å². The number of aliphatic hydroxyl groups excluding tert-OH is 1. The van der Waals surface area contributed by atoms with Crippen molar-refractivity contribution in [3.8, 4) is 0 Å². The van der Waals surface area contributed by atoms with E-state index in [2.05, 4.69) is 4.99 Å². The topological polar surface area (TPSA) is 41.8 Å². The Bertz CT molecular complexity index is 449. The third kappa shape index (κ3) is 2.39. The molecule has 1 aliphatic carbocycles. The number of nitrogens with zero attached hydrogens (tertiary/aromatic N) is 1. The molecule has 0 fully saturated rings. The minimum absolute atomic E-state index is 0.163. The van der Waals surface area contributed by atoms with E-state index in [1.165, 1.54) is 12.3 Å². The van der Waals surface area contributed by atoms with Crippen LogP contribution in [-0.4, -0.2) is 35.8 Å². The Morgan fingerprint density at radius 3 is 2.78 bits per heavy atom. The van der Waals surface area contributed by atoms with E-state index in [0.29, 0.717) is 11.3 Å². The van der Waals surface area contributed by atoms with Crippen LogP contribution in [0.4, 0.5) is 13.2 Å². The van der Waals surface area contributed by atoms with E-state index < -0.39 is 18.4 Å². The number of fused-ring (bicyclic) bond motifs is 1. The molecule has 0 aromatic carbocycles. The zero-order valence-electron chi connectivity index (χ0n) is 9.44. The third-order valence-electron chi connectivity index (χ3n) is 2.76. The van der Waals surface area contributed by atoms with Crippen molar-refractivity contribution in [2.24, 2.45) is 4.99 Å². The van der Waals surface area contributed by atoms with Gasteiger partial charge in [-0.1, -0.05) is 12.2 Å². The number of aliphatic imine (C=N–C) groups is 1. The summed E-state index contributed by atoms with van der Waals surface area (Å²) in [6.07, 6.45) is 3.73. The molecule has 98 valence electrons. The quantitative estimate of drug-likeness (QED) is 0.840. The van der Waals surface area contributed by atoms with Crippen LogP contribution in [-0.2, 0) is 4.74 Å². The molecule has 2 aliphatic rings. The summed E-state index contributed by atoms with van der Waals surface area (Å²) < 4.78 is 42.0. The molecule has 0 saturated heterocycles. The van der Waals surface area contributed by atoms with Gasteiger partial charge >= 0.3 is 6.18 Å². The summed E-state index contributed by atoms with van der Waals surface area (Å²) in [6.45, 7) is -1.52. The predicted octanol–water partition coefficient (Wildman–Crippen LogP) is 2.15. The van der Waals surface area contributed by atoms with Gasteiger partial charge in [0.15, 0.2) is 5.60 Å². The third-order valence-corrected chi connectivity index (χ3v) is 2.76. The molecule has 0 saturated carbocycles. The van der Waals surface area contributed by atoms with Crippen LogP contribution in [0.1, 0.15) is 6.42 Å². The smallest absolute Gasteiger partial charge is 0.396 e. The van der Waals surface area contributed by atoms with Crippen molar-refractivity contribution in [1.82, 2.24) is 0 Å². The Hall–Kier alpha value is -1.40. The monoisotopic (exact) mass is 259 g/mol. The van der Waals surface area contributed by atoms with Gasteiger partial charge in [-0.3, -0.25) is 4.99 Å².